The van der Waals surface area contributed by atoms with Crippen molar-refractivity contribution < 1.29 is 24.0 Å². The summed E-state index contributed by atoms with van der Waals surface area (Å²) >= 11 is 9.34. The molecular weight excluding hydrogens is 532 g/mol. The highest BCUT2D eigenvalue weighted by molar-refractivity contribution is 9.10. The molecule has 1 aliphatic rings. The second-order valence-electron chi connectivity index (χ2n) is 6.82. The van der Waals surface area contributed by atoms with E-state index in [0.717, 1.165) is 19.1 Å². The molecule has 12 heteroatoms. The molecular formula is C22H16BrClN4O6. The summed E-state index contributed by atoms with van der Waals surface area (Å²) < 4.78 is 9.97. The van der Waals surface area contributed by atoms with Gasteiger partial charge in [-0.15, -0.1) is 0 Å². The van der Waals surface area contributed by atoms with Gasteiger partial charge in [-0.1, -0.05) is 41.9 Å². The highest BCUT2D eigenvalue weighted by atomic mass is 79.9. The zero-order chi connectivity index (χ0) is 25.2. The number of methoxy groups -OCH3 is 2. The lowest BCUT2D eigenvalue weighted by Crippen LogP contribution is -2.41. The molecule has 1 atom stereocenters. The first kappa shape index (κ1) is 24.8. The maximum Gasteiger partial charge on any atom is 0.355 e. The quantitative estimate of drug-likeness (QED) is 0.334. The molecule has 174 valence electrons. The van der Waals surface area contributed by atoms with Crippen molar-refractivity contribution in [3.8, 4) is 6.07 Å². The van der Waals surface area contributed by atoms with E-state index in [1.165, 1.54) is 12.1 Å². The van der Waals surface area contributed by atoms with Crippen molar-refractivity contribution in [2.45, 2.75) is 5.92 Å². The van der Waals surface area contributed by atoms with Crippen LogP contribution in [0.5, 0.6) is 0 Å². The summed E-state index contributed by atoms with van der Waals surface area (Å²) in [5, 5.41) is 21.7. The molecule has 1 heterocycles. The van der Waals surface area contributed by atoms with Crippen molar-refractivity contribution in [1.82, 2.24) is 0 Å². The zero-order valence-corrected chi connectivity index (χ0v) is 20.1. The van der Waals surface area contributed by atoms with Crippen LogP contribution in [-0.4, -0.2) is 31.1 Å². The van der Waals surface area contributed by atoms with Crippen LogP contribution in [0.2, 0.25) is 5.02 Å². The number of allylic oxidation sites excluding steroid dienone is 1. The predicted molar refractivity (Wildman–Crippen MR) is 125 cm³/mol. The molecule has 10 nitrogen and oxygen atoms in total. The van der Waals surface area contributed by atoms with Crippen molar-refractivity contribution in [3.63, 3.8) is 0 Å². The third kappa shape index (κ3) is 4.09. The number of rotatable bonds is 5. The van der Waals surface area contributed by atoms with Gasteiger partial charge in [0.2, 0.25) is 0 Å². The summed E-state index contributed by atoms with van der Waals surface area (Å²) in [6, 6.07) is 13.0. The van der Waals surface area contributed by atoms with Crippen molar-refractivity contribution in [1.29, 1.82) is 5.26 Å². The number of nitrogens with zero attached hydrogens (tertiary/aromatic N) is 3. The van der Waals surface area contributed by atoms with Gasteiger partial charge in [0.25, 0.3) is 0 Å². The third-order valence-corrected chi connectivity index (χ3v) is 6.01. The van der Waals surface area contributed by atoms with E-state index in [-0.39, 0.29) is 32.1 Å². The van der Waals surface area contributed by atoms with Crippen molar-refractivity contribution in [3.05, 3.63) is 90.3 Å². The van der Waals surface area contributed by atoms with E-state index in [4.69, 9.17) is 26.8 Å². The van der Waals surface area contributed by atoms with Crippen molar-refractivity contribution in [2.24, 2.45) is 5.73 Å². The Morgan fingerprint density at radius 3 is 2.32 bits per heavy atom. The number of hydrogen-bond donors (Lipinski definition) is 1. The molecule has 2 aromatic rings. The predicted octanol–water partition coefficient (Wildman–Crippen LogP) is 3.91. The number of carbonyl (C=O) groups excluding carboxylic acids is 2. The summed E-state index contributed by atoms with van der Waals surface area (Å²) in [7, 11) is 2.17. The number of nitrogens with two attached hydrogens (primary N) is 1. The SMILES string of the molecule is COC(=O)C1=C(C(=O)OC)N(c2c(Br)ccc(Cl)c2[N+](=O)[O-])C(N)=C(C#N)C1c1ccccc1. The van der Waals surface area contributed by atoms with Gasteiger partial charge < -0.3 is 15.2 Å². The molecule has 34 heavy (non-hydrogen) atoms. The number of halogens is 2. The van der Waals surface area contributed by atoms with Crippen LogP contribution >= 0.6 is 27.5 Å². The Morgan fingerprint density at radius 2 is 1.79 bits per heavy atom. The largest absolute Gasteiger partial charge is 0.466 e. The summed E-state index contributed by atoms with van der Waals surface area (Å²) in [6.45, 7) is 0. The molecule has 0 aliphatic carbocycles. The highest BCUT2D eigenvalue weighted by Gasteiger charge is 2.45. The van der Waals surface area contributed by atoms with E-state index in [9.17, 15) is 25.0 Å². The number of nitro groups is 1. The number of ether oxygens (including phenoxy) is 2. The number of hydrogen-bond acceptors (Lipinski definition) is 9. The molecule has 0 amide bonds. The molecule has 0 saturated heterocycles. The fourth-order valence-corrected chi connectivity index (χ4v) is 4.38. The third-order valence-electron chi connectivity index (χ3n) is 5.07. The molecule has 1 unspecified atom stereocenters. The Balaban J connectivity index is 2.54. The number of carbonyl (C=O) groups is 2. The van der Waals surface area contributed by atoms with Crippen LogP contribution in [0.3, 0.4) is 0 Å². The van der Waals surface area contributed by atoms with Crippen molar-refractivity contribution >= 4 is 50.8 Å². The monoisotopic (exact) mass is 546 g/mol. The minimum absolute atomic E-state index is 0.118. The van der Waals surface area contributed by atoms with E-state index in [2.05, 4.69) is 15.9 Å². The van der Waals surface area contributed by atoms with Crippen LogP contribution in [0.1, 0.15) is 11.5 Å². The topological polar surface area (TPSA) is 149 Å². The van der Waals surface area contributed by atoms with Crippen LogP contribution in [0.15, 0.2) is 69.6 Å². The number of esters is 2. The Morgan fingerprint density at radius 1 is 1.18 bits per heavy atom. The zero-order valence-electron chi connectivity index (χ0n) is 17.7. The normalized spacial score (nSPS) is 15.6. The lowest BCUT2D eigenvalue weighted by atomic mass is 9.81. The van der Waals surface area contributed by atoms with E-state index in [0.29, 0.717) is 5.56 Å². The maximum atomic E-state index is 13.1. The van der Waals surface area contributed by atoms with E-state index in [1.807, 2.05) is 6.07 Å². The first-order valence-electron chi connectivity index (χ1n) is 9.47. The summed E-state index contributed by atoms with van der Waals surface area (Å²) in [4.78, 5) is 38.2. The van der Waals surface area contributed by atoms with E-state index in [1.54, 1.807) is 30.3 Å². The summed E-state index contributed by atoms with van der Waals surface area (Å²) in [5.41, 5.74) is 5.08. The second-order valence-corrected chi connectivity index (χ2v) is 8.08. The first-order valence-corrected chi connectivity index (χ1v) is 10.6. The maximum absolute atomic E-state index is 13.1. The van der Waals surface area contributed by atoms with Crippen molar-refractivity contribution in [2.75, 3.05) is 19.1 Å². The average molecular weight is 548 g/mol. The molecule has 0 fully saturated rings. The molecule has 1 aliphatic heterocycles. The Bertz CT molecular complexity index is 1300. The van der Waals surface area contributed by atoms with Crippen LogP contribution in [0.4, 0.5) is 11.4 Å². The van der Waals surface area contributed by atoms with Gasteiger partial charge in [-0.25, -0.2) is 9.59 Å². The lowest BCUT2D eigenvalue weighted by molar-refractivity contribution is -0.384. The minimum Gasteiger partial charge on any atom is -0.466 e. The molecule has 2 aromatic carbocycles. The number of nitro benzene ring substituents is 1. The Kier molecular flexibility index (Phi) is 7.24. The van der Waals surface area contributed by atoms with Gasteiger partial charge in [0, 0.05) is 4.47 Å². The molecule has 0 aromatic heterocycles. The molecule has 0 saturated carbocycles. The molecule has 2 N–H and O–H groups in total. The van der Waals surface area contributed by atoms with Gasteiger partial charge in [0.1, 0.15) is 22.2 Å². The fraction of sp³-hybridized carbons (Fsp3) is 0.136. The molecule has 0 radical (unpaired) electrons. The Labute approximate surface area is 207 Å². The smallest absolute Gasteiger partial charge is 0.355 e. The van der Waals surface area contributed by atoms with Crippen LogP contribution in [0, 0.1) is 21.4 Å². The molecule has 0 spiro atoms. The molecule has 0 bridgehead atoms. The van der Waals surface area contributed by atoms with Crippen LogP contribution in [0.25, 0.3) is 0 Å². The van der Waals surface area contributed by atoms with Crippen LogP contribution in [-0.2, 0) is 19.1 Å². The standard InChI is InChI=1S/C22H16BrClN4O6/c1-33-21(29)16-15(11-6-4-3-5-7-11)12(10-25)20(26)27(19(16)22(30)34-2)17-13(23)8-9-14(24)18(17)28(31)32/h3-9,15H,26H2,1-2H3. The van der Waals surface area contributed by atoms with Gasteiger partial charge >= 0.3 is 17.6 Å². The summed E-state index contributed by atoms with van der Waals surface area (Å²) in [6.07, 6.45) is 0. The second kappa shape index (κ2) is 9.94. The Hall–Kier alpha value is -3.88. The number of nitriles is 1. The number of benzene rings is 2. The highest BCUT2D eigenvalue weighted by Crippen LogP contribution is 2.49. The first-order chi connectivity index (χ1) is 16.2. The van der Waals surface area contributed by atoms with Gasteiger partial charge in [-0.3, -0.25) is 15.0 Å². The van der Waals surface area contributed by atoms with Gasteiger partial charge in [0.15, 0.2) is 0 Å². The van der Waals surface area contributed by atoms with Gasteiger partial charge in [0.05, 0.1) is 42.3 Å². The van der Waals surface area contributed by atoms with E-state index < -0.39 is 34.2 Å². The van der Waals surface area contributed by atoms with Gasteiger partial charge in [-0.05, 0) is 33.6 Å². The fourth-order valence-electron chi connectivity index (χ4n) is 3.66. The van der Waals surface area contributed by atoms with E-state index >= 15 is 0 Å². The number of anilines is 1. The minimum atomic E-state index is -1.11. The average Bonchev–Trinajstić information content (AvgIpc) is 2.83. The van der Waals surface area contributed by atoms with Crippen LogP contribution < -0.4 is 10.6 Å². The summed E-state index contributed by atoms with van der Waals surface area (Å²) in [5.74, 6) is -3.43. The van der Waals surface area contributed by atoms with Gasteiger partial charge in [-0.2, -0.15) is 5.26 Å². The molecule has 3 rings (SSSR count). The lowest BCUT2D eigenvalue weighted by Gasteiger charge is -2.36.